The van der Waals surface area contributed by atoms with E-state index in [4.69, 9.17) is 0 Å². The lowest BCUT2D eigenvalue weighted by atomic mass is 9.68. The van der Waals surface area contributed by atoms with Crippen LogP contribution in [0.3, 0.4) is 0 Å². The van der Waals surface area contributed by atoms with Gasteiger partial charge in [0.1, 0.15) is 5.78 Å². The fourth-order valence-electron chi connectivity index (χ4n) is 2.94. The zero-order chi connectivity index (χ0) is 11.1. The minimum Gasteiger partial charge on any atom is -0.299 e. The standard InChI is InChI=1S/C14H14O2/c15-13-7-3-6-11-12(13)8-9-4-1-2-5-10(9)14(11)16/h1,4-5,8,11-12H,2-3,6-7H2. The third-order valence-corrected chi connectivity index (χ3v) is 3.77. The number of hydrogen-bond acceptors (Lipinski definition) is 2. The van der Waals surface area contributed by atoms with Crippen molar-refractivity contribution in [1.82, 2.24) is 0 Å². The van der Waals surface area contributed by atoms with E-state index in [1.807, 2.05) is 24.3 Å². The Morgan fingerprint density at radius 3 is 3.00 bits per heavy atom. The monoisotopic (exact) mass is 214 g/mol. The third-order valence-electron chi connectivity index (χ3n) is 3.77. The molecule has 0 N–H and O–H groups in total. The maximum atomic E-state index is 12.2. The molecule has 0 aliphatic heterocycles. The Hall–Kier alpha value is -1.44. The second-order valence-corrected chi connectivity index (χ2v) is 4.73. The first-order chi connectivity index (χ1) is 7.77. The summed E-state index contributed by atoms with van der Waals surface area (Å²) >= 11 is 0. The second kappa shape index (κ2) is 3.55. The summed E-state index contributed by atoms with van der Waals surface area (Å²) in [6, 6.07) is 0. The Morgan fingerprint density at radius 1 is 1.25 bits per heavy atom. The molecule has 0 bridgehead atoms. The van der Waals surface area contributed by atoms with Gasteiger partial charge < -0.3 is 0 Å². The quantitative estimate of drug-likeness (QED) is 0.620. The third kappa shape index (κ3) is 1.33. The Kier molecular flexibility index (Phi) is 2.16. The van der Waals surface area contributed by atoms with Gasteiger partial charge in [-0.1, -0.05) is 24.3 Å². The molecule has 82 valence electrons. The first-order valence-electron chi connectivity index (χ1n) is 5.93. The topological polar surface area (TPSA) is 34.1 Å². The van der Waals surface area contributed by atoms with Crippen LogP contribution in [0, 0.1) is 11.8 Å². The fourth-order valence-corrected chi connectivity index (χ4v) is 2.94. The van der Waals surface area contributed by atoms with E-state index in [-0.39, 0.29) is 23.4 Å². The van der Waals surface area contributed by atoms with Gasteiger partial charge in [0.2, 0.25) is 0 Å². The van der Waals surface area contributed by atoms with Gasteiger partial charge in [0.05, 0.1) is 0 Å². The number of fused-ring (bicyclic) bond motifs is 2. The van der Waals surface area contributed by atoms with Crippen LogP contribution in [0.2, 0.25) is 0 Å². The summed E-state index contributed by atoms with van der Waals surface area (Å²) in [7, 11) is 0. The molecule has 0 spiro atoms. The SMILES string of the molecule is O=C1CCCC2C(=O)C3=CCC=CC3=CC12. The number of ketones is 2. The first-order valence-corrected chi connectivity index (χ1v) is 5.93. The van der Waals surface area contributed by atoms with Gasteiger partial charge in [-0.25, -0.2) is 0 Å². The molecule has 0 aromatic rings. The highest BCUT2D eigenvalue weighted by Gasteiger charge is 2.40. The van der Waals surface area contributed by atoms with Crippen molar-refractivity contribution in [2.75, 3.05) is 0 Å². The van der Waals surface area contributed by atoms with Gasteiger partial charge in [0, 0.05) is 23.8 Å². The molecule has 1 fully saturated rings. The van der Waals surface area contributed by atoms with Crippen molar-refractivity contribution in [2.45, 2.75) is 25.7 Å². The molecule has 2 nitrogen and oxygen atoms in total. The number of allylic oxidation sites excluding steroid dienone is 6. The van der Waals surface area contributed by atoms with E-state index in [2.05, 4.69) is 0 Å². The molecule has 0 heterocycles. The summed E-state index contributed by atoms with van der Waals surface area (Å²) in [4.78, 5) is 24.1. The van der Waals surface area contributed by atoms with Crippen LogP contribution in [0.4, 0.5) is 0 Å². The fraction of sp³-hybridized carbons (Fsp3) is 0.429. The van der Waals surface area contributed by atoms with Gasteiger partial charge in [0.15, 0.2) is 5.78 Å². The highest BCUT2D eigenvalue weighted by atomic mass is 16.1. The van der Waals surface area contributed by atoms with Crippen LogP contribution in [0.5, 0.6) is 0 Å². The van der Waals surface area contributed by atoms with Crippen molar-refractivity contribution in [1.29, 1.82) is 0 Å². The number of Topliss-reactive ketones (excluding diaryl/α,β-unsaturated/α-hetero) is 2. The highest BCUT2D eigenvalue weighted by molar-refractivity contribution is 6.07. The van der Waals surface area contributed by atoms with Crippen LogP contribution in [-0.4, -0.2) is 11.6 Å². The Labute approximate surface area is 94.7 Å². The lowest BCUT2D eigenvalue weighted by molar-refractivity contribution is -0.131. The summed E-state index contributed by atoms with van der Waals surface area (Å²) in [6.07, 6.45) is 11.2. The average Bonchev–Trinajstić information content (AvgIpc) is 2.31. The summed E-state index contributed by atoms with van der Waals surface area (Å²) in [5.41, 5.74) is 1.81. The van der Waals surface area contributed by atoms with Crippen molar-refractivity contribution in [3.8, 4) is 0 Å². The molecule has 2 atom stereocenters. The molecule has 0 saturated heterocycles. The molecule has 1 saturated carbocycles. The van der Waals surface area contributed by atoms with E-state index in [1.54, 1.807) is 0 Å². The highest BCUT2D eigenvalue weighted by Crippen LogP contribution is 2.39. The summed E-state index contributed by atoms with van der Waals surface area (Å²) < 4.78 is 0. The van der Waals surface area contributed by atoms with E-state index in [0.717, 1.165) is 30.4 Å². The lowest BCUT2D eigenvalue weighted by Gasteiger charge is -2.33. The Bertz CT molecular complexity index is 451. The largest absolute Gasteiger partial charge is 0.299 e. The summed E-state index contributed by atoms with van der Waals surface area (Å²) in [5, 5.41) is 0. The minimum absolute atomic E-state index is 0.0669. The summed E-state index contributed by atoms with van der Waals surface area (Å²) in [6.45, 7) is 0. The normalized spacial score (nSPS) is 32.8. The van der Waals surface area contributed by atoms with E-state index in [0.29, 0.717) is 6.42 Å². The molecule has 3 rings (SSSR count). The summed E-state index contributed by atoms with van der Waals surface area (Å²) in [5.74, 6) is 0.230. The van der Waals surface area contributed by atoms with Crippen molar-refractivity contribution < 1.29 is 9.59 Å². The number of carbonyl (C=O) groups is 2. The second-order valence-electron chi connectivity index (χ2n) is 4.73. The molecule has 2 unspecified atom stereocenters. The molecule has 2 heteroatoms. The molecule has 0 amide bonds. The predicted octanol–water partition coefficient (Wildman–Crippen LogP) is 2.37. The first kappa shape index (κ1) is 9.76. The van der Waals surface area contributed by atoms with Gasteiger partial charge in [0.25, 0.3) is 0 Å². The molecule has 16 heavy (non-hydrogen) atoms. The maximum Gasteiger partial charge on any atom is 0.167 e. The zero-order valence-corrected chi connectivity index (χ0v) is 9.11. The van der Waals surface area contributed by atoms with Crippen LogP contribution in [0.1, 0.15) is 25.7 Å². The van der Waals surface area contributed by atoms with Crippen LogP contribution in [0.25, 0.3) is 0 Å². The Balaban J connectivity index is 2.07. The molecule has 0 radical (unpaired) electrons. The average molecular weight is 214 g/mol. The van der Waals surface area contributed by atoms with Crippen molar-refractivity contribution >= 4 is 11.6 Å². The maximum absolute atomic E-state index is 12.2. The van der Waals surface area contributed by atoms with Gasteiger partial charge in [-0.3, -0.25) is 9.59 Å². The lowest BCUT2D eigenvalue weighted by Crippen LogP contribution is -2.37. The van der Waals surface area contributed by atoms with Crippen LogP contribution in [0.15, 0.2) is 35.5 Å². The van der Waals surface area contributed by atoms with Gasteiger partial charge in [-0.15, -0.1) is 0 Å². The van der Waals surface area contributed by atoms with Crippen molar-refractivity contribution in [3.63, 3.8) is 0 Å². The number of rotatable bonds is 0. The van der Waals surface area contributed by atoms with Crippen LogP contribution >= 0.6 is 0 Å². The molecule has 3 aliphatic carbocycles. The zero-order valence-electron chi connectivity index (χ0n) is 9.11. The number of hydrogen-bond donors (Lipinski definition) is 0. The molecular formula is C14H14O2. The number of carbonyl (C=O) groups excluding carboxylic acids is 2. The van der Waals surface area contributed by atoms with Gasteiger partial charge >= 0.3 is 0 Å². The van der Waals surface area contributed by atoms with Crippen LogP contribution < -0.4 is 0 Å². The van der Waals surface area contributed by atoms with E-state index >= 15 is 0 Å². The van der Waals surface area contributed by atoms with Gasteiger partial charge in [-0.2, -0.15) is 0 Å². The smallest absolute Gasteiger partial charge is 0.167 e. The molecule has 0 aromatic carbocycles. The van der Waals surface area contributed by atoms with Crippen molar-refractivity contribution in [2.24, 2.45) is 11.8 Å². The van der Waals surface area contributed by atoms with E-state index < -0.39 is 0 Å². The van der Waals surface area contributed by atoms with E-state index in [9.17, 15) is 9.59 Å². The molecular weight excluding hydrogens is 200 g/mol. The minimum atomic E-state index is -0.142. The molecule has 0 aromatic heterocycles. The van der Waals surface area contributed by atoms with E-state index in [1.165, 1.54) is 0 Å². The van der Waals surface area contributed by atoms with Crippen molar-refractivity contribution in [3.05, 3.63) is 35.5 Å². The Morgan fingerprint density at radius 2 is 2.12 bits per heavy atom. The predicted molar refractivity (Wildman–Crippen MR) is 60.8 cm³/mol. The van der Waals surface area contributed by atoms with Gasteiger partial charge in [-0.05, 0) is 24.8 Å². The van der Waals surface area contributed by atoms with Crippen LogP contribution in [-0.2, 0) is 9.59 Å². The molecule has 3 aliphatic rings.